The molecule has 0 radical (unpaired) electrons. The van der Waals surface area contributed by atoms with E-state index < -0.39 is 11.5 Å². The molecule has 2 rings (SSSR count). The first-order chi connectivity index (χ1) is 9.42. The predicted molar refractivity (Wildman–Crippen MR) is 73.1 cm³/mol. The summed E-state index contributed by atoms with van der Waals surface area (Å²) in [5.74, 6) is -0.492. The van der Waals surface area contributed by atoms with Crippen LogP contribution in [-0.2, 0) is 14.3 Å². The van der Waals surface area contributed by atoms with Crippen molar-refractivity contribution in [3.8, 4) is 0 Å². The number of carboxylic acids is 1. The van der Waals surface area contributed by atoms with Crippen molar-refractivity contribution in [3.05, 3.63) is 0 Å². The molecule has 2 aliphatic heterocycles. The van der Waals surface area contributed by atoms with Crippen molar-refractivity contribution < 1.29 is 19.4 Å². The Bertz CT molecular complexity index is 379. The van der Waals surface area contributed by atoms with Gasteiger partial charge in [-0.15, -0.1) is 0 Å². The summed E-state index contributed by atoms with van der Waals surface area (Å²) in [5.41, 5.74) is 5.25. The van der Waals surface area contributed by atoms with E-state index in [-0.39, 0.29) is 30.8 Å². The maximum absolute atomic E-state index is 12.5. The van der Waals surface area contributed by atoms with Gasteiger partial charge >= 0.3 is 5.97 Å². The van der Waals surface area contributed by atoms with Crippen LogP contribution in [0.15, 0.2) is 0 Å². The van der Waals surface area contributed by atoms with Crippen molar-refractivity contribution in [2.45, 2.75) is 38.1 Å². The summed E-state index contributed by atoms with van der Waals surface area (Å²) in [6.07, 6.45) is 2.62. The van der Waals surface area contributed by atoms with Gasteiger partial charge in [0.05, 0.1) is 6.61 Å². The summed E-state index contributed by atoms with van der Waals surface area (Å²) in [6.45, 7) is 4.11. The molecule has 0 aliphatic carbocycles. The Labute approximate surface area is 119 Å². The fraction of sp³-hybridized carbons (Fsp3) is 0.857. The number of hydrogen-bond acceptors (Lipinski definition) is 4. The van der Waals surface area contributed by atoms with Crippen molar-refractivity contribution in [3.63, 3.8) is 0 Å². The first-order valence-corrected chi connectivity index (χ1v) is 7.30. The number of likely N-dealkylation sites (tertiary alicyclic amines) is 1. The molecule has 6 heteroatoms. The summed E-state index contributed by atoms with van der Waals surface area (Å²) in [4.78, 5) is 25.1. The van der Waals surface area contributed by atoms with Crippen LogP contribution < -0.4 is 5.73 Å². The Hall–Kier alpha value is -1.14. The molecule has 2 aliphatic rings. The van der Waals surface area contributed by atoms with Gasteiger partial charge in [0.25, 0.3) is 0 Å². The molecule has 3 unspecified atom stereocenters. The molecule has 0 saturated carbocycles. The van der Waals surface area contributed by atoms with E-state index in [0.717, 1.165) is 12.8 Å². The number of carboxylic acid groups (broad SMARTS) is 1. The van der Waals surface area contributed by atoms with Gasteiger partial charge in [-0.3, -0.25) is 9.59 Å². The number of aliphatic carboxylic acids is 1. The second-order valence-electron chi connectivity index (χ2n) is 6.19. The Balaban J connectivity index is 1.96. The SMILES string of the molecule is CC(CC(=O)O)C1CCCN(C(=O)C2(N)CCOC2)C1. The highest BCUT2D eigenvalue weighted by molar-refractivity contribution is 5.86. The summed E-state index contributed by atoms with van der Waals surface area (Å²) in [6, 6.07) is 0. The number of piperidine rings is 1. The number of ether oxygens (including phenoxy) is 1. The predicted octanol–water partition coefficient (Wildman–Crippen LogP) is 0.454. The third kappa shape index (κ3) is 3.30. The molecule has 0 spiro atoms. The molecule has 3 N–H and O–H groups in total. The van der Waals surface area contributed by atoms with E-state index in [1.54, 1.807) is 4.90 Å². The molecule has 2 fully saturated rings. The second-order valence-corrected chi connectivity index (χ2v) is 6.19. The van der Waals surface area contributed by atoms with Crippen molar-refractivity contribution in [2.75, 3.05) is 26.3 Å². The number of rotatable bonds is 4. The minimum atomic E-state index is -0.877. The molecule has 1 amide bonds. The number of hydrogen-bond donors (Lipinski definition) is 2. The average Bonchev–Trinajstić information content (AvgIpc) is 2.85. The molecule has 0 bridgehead atoms. The highest BCUT2D eigenvalue weighted by atomic mass is 16.5. The molecule has 6 nitrogen and oxygen atoms in total. The molecule has 0 aromatic rings. The fourth-order valence-electron chi connectivity index (χ4n) is 3.17. The Morgan fingerprint density at radius 2 is 2.30 bits per heavy atom. The number of carbonyl (C=O) groups is 2. The van der Waals surface area contributed by atoms with Crippen LogP contribution in [0.3, 0.4) is 0 Å². The summed E-state index contributed by atoms with van der Waals surface area (Å²) >= 11 is 0. The van der Waals surface area contributed by atoms with E-state index in [1.165, 1.54) is 0 Å². The van der Waals surface area contributed by atoms with Crippen molar-refractivity contribution in [1.82, 2.24) is 4.90 Å². The Morgan fingerprint density at radius 3 is 2.90 bits per heavy atom. The van der Waals surface area contributed by atoms with E-state index in [2.05, 4.69) is 0 Å². The molecule has 0 aromatic heterocycles. The largest absolute Gasteiger partial charge is 0.481 e. The number of amides is 1. The maximum atomic E-state index is 12.5. The minimum Gasteiger partial charge on any atom is -0.481 e. The zero-order chi connectivity index (χ0) is 14.8. The normalized spacial score (nSPS) is 32.1. The molecule has 20 heavy (non-hydrogen) atoms. The van der Waals surface area contributed by atoms with Crippen LogP contribution in [0.25, 0.3) is 0 Å². The Kier molecular flexibility index (Phi) is 4.65. The summed E-state index contributed by atoms with van der Waals surface area (Å²) in [5, 5.41) is 8.89. The van der Waals surface area contributed by atoms with Crippen LogP contribution in [0, 0.1) is 11.8 Å². The van der Waals surface area contributed by atoms with Crippen LogP contribution in [0.4, 0.5) is 0 Å². The first-order valence-electron chi connectivity index (χ1n) is 7.30. The van der Waals surface area contributed by atoms with Gasteiger partial charge in [-0.25, -0.2) is 0 Å². The third-order valence-corrected chi connectivity index (χ3v) is 4.52. The van der Waals surface area contributed by atoms with Crippen molar-refractivity contribution in [2.24, 2.45) is 17.6 Å². The van der Waals surface area contributed by atoms with E-state index in [1.807, 2.05) is 6.92 Å². The number of carbonyl (C=O) groups excluding carboxylic acids is 1. The highest BCUT2D eigenvalue weighted by Crippen LogP contribution is 2.28. The van der Waals surface area contributed by atoms with Gasteiger partial charge in [0.1, 0.15) is 5.54 Å². The summed E-state index contributed by atoms with van der Waals surface area (Å²) in [7, 11) is 0. The molecule has 0 aromatic carbocycles. The summed E-state index contributed by atoms with van der Waals surface area (Å²) < 4.78 is 5.25. The van der Waals surface area contributed by atoms with Crippen LogP contribution in [0.1, 0.15) is 32.6 Å². The lowest BCUT2D eigenvalue weighted by Gasteiger charge is -2.38. The molecule has 3 atom stereocenters. The van der Waals surface area contributed by atoms with E-state index in [9.17, 15) is 9.59 Å². The Morgan fingerprint density at radius 1 is 1.55 bits per heavy atom. The smallest absolute Gasteiger partial charge is 0.303 e. The minimum absolute atomic E-state index is 0.0396. The monoisotopic (exact) mass is 284 g/mol. The molecule has 2 heterocycles. The second kappa shape index (κ2) is 6.10. The van der Waals surface area contributed by atoms with Crippen LogP contribution in [-0.4, -0.2) is 53.7 Å². The quantitative estimate of drug-likeness (QED) is 0.782. The van der Waals surface area contributed by atoms with Gasteiger partial charge in [0, 0.05) is 26.1 Å². The van der Waals surface area contributed by atoms with Gasteiger partial charge in [0.15, 0.2) is 0 Å². The van der Waals surface area contributed by atoms with Gasteiger partial charge in [-0.05, 0) is 31.1 Å². The highest BCUT2D eigenvalue weighted by Gasteiger charge is 2.42. The van der Waals surface area contributed by atoms with E-state index >= 15 is 0 Å². The lowest BCUT2D eigenvalue weighted by atomic mass is 9.84. The van der Waals surface area contributed by atoms with E-state index in [4.69, 9.17) is 15.6 Å². The molecule has 2 saturated heterocycles. The van der Waals surface area contributed by atoms with Crippen LogP contribution >= 0.6 is 0 Å². The number of nitrogens with zero attached hydrogens (tertiary/aromatic N) is 1. The van der Waals surface area contributed by atoms with Crippen LogP contribution in [0.5, 0.6) is 0 Å². The average molecular weight is 284 g/mol. The van der Waals surface area contributed by atoms with Crippen molar-refractivity contribution in [1.29, 1.82) is 0 Å². The lowest BCUT2D eigenvalue weighted by molar-refractivity contribution is -0.140. The van der Waals surface area contributed by atoms with Crippen LogP contribution in [0.2, 0.25) is 0 Å². The molecular weight excluding hydrogens is 260 g/mol. The number of nitrogens with two attached hydrogens (primary N) is 1. The standard InChI is InChI=1S/C14H24N2O4/c1-10(7-12(17)18)11-3-2-5-16(8-11)13(19)14(15)4-6-20-9-14/h10-11H,2-9,15H2,1H3,(H,17,18). The topological polar surface area (TPSA) is 92.9 Å². The zero-order valence-electron chi connectivity index (χ0n) is 12.0. The third-order valence-electron chi connectivity index (χ3n) is 4.52. The zero-order valence-corrected chi connectivity index (χ0v) is 12.0. The molecular formula is C14H24N2O4. The van der Waals surface area contributed by atoms with Crippen molar-refractivity contribution >= 4 is 11.9 Å². The molecule has 114 valence electrons. The lowest BCUT2D eigenvalue weighted by Crippen LogP contribution is -2.58. The first kappa shape index (κ1) is 15.3. The fourth-order valence-corrected chi connectivity index (χ4v) is 3.17. The van der Waals surface area contributed by atoms with Gasteiger partial charge in [-0.2, -0.15) is 0 Å². The van der Waals surface area contributed by atoms with E-state index in [0.29, 0.717) is 26.1 Å². The van der Waals surface area contributed by atoms with Gasteiger partial charge in [-0.1, -0.05) is 6.92 Å². The van der Waals surface area contributed by atoms with Gasteiger partial charge in [0.2, 0.25) is 5.91 Å². The maximum Gasteiger partial charge on any atom is 0.303 e. The van der Waals surface area contributed by atoms with Gasteiger partial charge < -0.3 is 20.5 Å².